The first-order valence-electron chi connectivity index (χ1n) is 8.77. The van der Waals surface area contributed by atoms with E-state index < -0.39 is 0 Å². The quantitative estimate of drug-likeness (QED) is 0.641. The van der Waals surface area contributed by atoms with Gasteiger partial charge in [0.05, 0.1) is 19.7 Å². The van der Waals surface area contributed by atoms with Crippen LogP contribution in [-0.4, -0.2) is 45.3 Å². The Morgan fingerprint density at radius 3 is 2.63 bits per heavy atom. The smallest absolute Gasteiger partial charge is 0.254 e. The van der Waals surface area contributed by atoms with Gasteiger partial charge in [-0.1, -0.05) is 40.2 Å². The highest BCUT2D eigenvalue weighted by Crippen LogP contribution is 2.24. The van der Waals surface area contributed by atoms with E-state index in [0.717, 1.165) is 15.6 Å². The van der Waals surface area contributed by atoms with E-state index in [1.54, 1.807) is 11.0 Å². The SMILES string of the molecule is O=C(c1ccc(Cn2cncn2)cc1)N1CCOC(c2ccc(Br)cc2)C1. The van der Waals surface area contributed by atoms with Gasteiger partial charge in [-0.2, -0.15) is 5.10 Å². The summed E-state index contributed by atoms with van der Waals surface area (Å²) in [6.07, 6.45) is 3.09. The number of ether oxygens (including phenoxy) is 1. The number of halogens is 1. The lowest BCUT2D eigenvalue weighted by Crippen LogP contribution is -2.42. The van der Waals surface area contributed by atoms with E-state index in [9.17, 15) is 4.79 Å². The van der Waals surface area contributed by atoms with Crippen molar-refractivity contribution in [1.82, 2.24) is 19.7 Å². The number of carbonyl (C=O) groups is 1. The van der Waals surface area contributed by atoms with Gasteiger partial charge in [-0.25, -0.2) is 9.67 Å². The third-order valence-corrected chi connectivity index (χ3v) is 5.14. The fraction of sp³-hybridized carbons (Fsp3) is 0.250. The van der Waals surface area contributed by atoms with Crippen molar-refractivity contribution in [1.29, 1.82) is 0 Å². The Hall–Kier alpha value is -2.51. The van der Waals surface area contributed by atoms with Crippen molar-refractivity contribution < 1.29 is 9.53 Å². The summed E-state index contributed by atoms with van der Waals surface area (Å²) in [5.74, 6) is 0.0349. The molecule has 1 aromatic heterocycles. The Balaban J connectivity index is 1.43. The van der Waals surface area contributed by atoms with Gasteiger partial charge in [0.1, 0.15) is 18.8 Å². The molecule has 0 aliphatic carbocycles. The van der Waals surface area contributed by atoms with Crippen LogP contribution < -0.4 is 0 Å². The minimum atomic E-state index is -0.0950. The number of morpholine rings is 1. The van der Waals surface area contributed by atoms with Crippen LogP contribution in [0.25, 0.3) is 0 Å². The number of aromatic nitrogens is 3. The van der Waals surface area contributed by atoms with Crippen molar-refractivity contribution in [3.8, 4) is 0 Å². The van der Waals surface area contributed by atoms with Crippen LogP contribution >= 0.6 is 15.9 Å². The van der Waals surface area contributed by atoms with Gasteiger partial charge in [0, 0.05) is 16.6 Å². The molecule has 1 atom stereocenters. The Morgan fingerprint density at radius 2 is 1.93 bits per heavy atom. The van der Waals surface area contributed by atoms with Gasteiger partial charge >= 0.3 is 0 Å². The largest absolute Gasteiger partial charge is 0.370 e. The van der Waals surface area contributed by atoms with Crippen molar-refractivity contribution in [3.63, 3.8) is 0 Å². The summed E-state index contributed by atoms with van der Waals surface area (Å²) in [7, 11) is 0. The molecule has 1 fully saturated rings. The van der Waals surface area contributed by atoms with E-state index >= 15 is 0 Å². The first kappa shape index (κ1) is 17.9. The molecule has 0 spiro atoms. The highest BCUT2D eigenvalue weighted by molar-refractivity contribution is 9.10. The summed E-state index contributed by atoms with van der Waals surface area (Å²) in [6.45, 7) is 2.34. The van der Waals surface area contributed by atoms with E-state index in [2.05, 4.69) is 26.0 Å². The summed E-state index contributed by atoms with van der Waals surface area (Å²) in [4.78, 5) is 18.7. The number of hydrogen-bond donors (Lipinski definition) is 0. The third-order valence-electron chi connectivity index (χ3n) is 4.61. The maximum atomic E-state index is 12.9. The van der Waals surface area contributed by atoms with Crippen LogP contribution in [-0.2, 0) is 11.3 Å². The topological polar surface area (TPSA) is 60.2 Å². The molecule has 1 aliphatic heterocycles. The van der Waals surface area contributed by atoms with Crippen molar-refractivity contribution in [2.24, 2.45) is 0 Å². The van der Waals surface area contributed by atoms with Crippen LogP contribution in [0.5, 0.6) is 0 Å². The van der Waals surface area contributed by atoms with Gasteiger partial charge in [-0.15, -0.1) is 0 Å². The Labute approximate surface area is 165 Å². The maximum absolute atomic E-state index is 12.9. The molecule has 1 aliphatic rings. The maximum Gasteiger partial charge on any atom is 0.254 e. The minimum Gasteiger partial charge on any atom is -0.370 e. The van der Waals surface area contributed by atoms with Gasteiger partial charge < -0.3 is 9.64 Å². The second-order valence-electron chi connectivity index (χ2n) is 6.45. The first-order chi connectivity index (χ1) is 13.2. The Morgan fingerprint density at radius 1 is 1.15 bits per heavy atom. The molecule has 1 saturated heterocycles. The number of nitrogens with zero attached hydrogens (tertiary/aromatic N) is 4. The molecule has 2 heterocycles. The second-order valence-corrected chi connectivity index (χ2v) is 7.37. The molecule has 4 rings (SSSR count). The molecule has 0 bridgehead atoms. The summed E-state index contributed by atoms with van der Waals surface area (Å²) >= 11 is 3.45. The monoisotopic (exact) mass is 426 g/mol. The summed E-state index contributed by atoms with van der Waals surface area (Å²) in [5, 5.41) is 4.10. The second kappa shape index (κ2) is 8.02. The highest BCUT2D eigenvalue weighted by atomic mass is 79.9. The zero-order chi connectivity index (χ0) is 18.6. The van der Waals surface area contributed by atoms with Gasteiger partial charge in [0.15, 0.2) is 0 Å². The average molecular weight is 427 g/mol. The van der Waals surface area contributed by atoms with Crippen LogP contribution in [0.4, 0.5) is 0 Å². The van der Waals surface area contributed by atoms with Crippen molar-refractivity contribution in [2.75, 3.05) is 19.7 Å². The Kier molecular flexibility index (Phi) is 5.31. The fourth-order valence-electron chi connectivity index (χ4n) is 3.15. The summed E-state index contributed by atoms with van der Waals surface area (Å²) in [6, 6.07) is 15.7. The predicted octanol–water partition coefficient (Wildman–Crippen LogP) is 3.30. The lowest BCUT2D eigenvalue weighted by molar-refractivity contribution is -0.0228. The molecule has 2 aromatic carbocycles. The zero-order valence-corrected chi connectivity index (χ0v) is 16.2. The number of carbonyl (C=O) groups excluding carboxylic acids is 1. The molecule has 3 aromatic rings. The lowest BCUT2D eigenvalue weighted by atomic mass is 10.1. The molecule has 0 radical (unpaired) electrons. The van der Waals surface area contributed by atoms with Crippen LogP contribution in [0, 0.1) is 0 Å². The van der Waals surface area contributed by atoms with Gasteiger partial charge in [-0.05, 0) is 35.4 Å². The molecule has 0 N–H and O–H groups in total. The molecular weight excluding hydrogens is 408 g/mol. The van der Waals surface area contributed by atoms with E-state index in [4.69, 9.17) is 4.74 Å². The number of benzene rings is 2. The average Bonchev–Trinajstić information content (AvgIpc) is 3.22. The molecule has 6 nitrogen and oxygen atoms in total. The third kappa shape index (κ3) is 4.26. The number of amides is 1. The van der Waals surface area contributed by atoms with Crippen molar-refractivity contribution in [2.45, 2.75) is 12.6 Å². The molecule has 1 unspecified atom stereocenters. The Bertz CT molecular complexity index is 895. The van der Waals surface area contributed by atoms with Gasteiger partial charge in [0.25, 0.3) is 5.91 Å². The molecule has 7 heteroatoms. The predicted molar refractivity (Wildman–Crippen MR) is 104 cm³/mol. The molecular formula is C20H19BrN4O2. The zero-order valence-electron chi connectivity index (χ0n) is 14.7. The van der Waals surface area contributed by atoms with E-state index in [-0.39, 0.29) is 12.0 Å². The molecule has 0 saturated carbocycles. The molecule has 1 amide bonds. The normalized spacial score (nSPS) is 17.1. The van der Waals surface area contributed by atoms with Gasteiger partial charge in [0.2, 0.25) is 0 Å². The fourth-order valence-corrected chi connectivity index (χ4v) is 3.41. The van der Waals surface area contributed by atoms with Crippen LogP contribution in [0.2, 0.25) is 0 Å². The van der Waals surface area contributed by atoms with Gasteiger partial charge in [-0.3, -0.25) is 4.79 Å². The number of rotatable bonds is 4. The highest BCUT2D eigenvalue weighted by Gasteiger charge is 2.26. The van der Waals surface area contributed by atoms with E-state index in [1.807, 2.05) is 53.4 Å². The van der Waals surface area contributed by atoms with E-state index in [0.29, 0.717) is 31.8 Å². The van der Waals surface area contributed by atoms with Crippen molar-refractivity contribution >= 4 is 21.8 Å². The minimum absolute atomic E-state index is 0.0349. The number of hydrogen-bond acceptors (Lipinski definition) is 4. The van der Waals surface area contributed by atoms with Crippen LogP contribution in [0.1, 0.15) is 27.6 Å². The van der Waals surface area contributed by atoms with Crippen LogP contribution in [0.3, 0.4) is 0 Å². The summed E-state index contributed by atoms with van der Waals surface area (Å²) < 4.78 is 8.65. The lowest BCUT2D eigenvalue weighted by Gasteiger charge is -2.33. The summed E-state index contributed by atoms with van der Waals surface area (Å²) in [5.41, 5.74) is 2.85. The van der Waals surface area contributed by atoms with Crippen molar-refractivity contribution in [3.05, 3.63) is 82.3 Å². The molecule has 138 valence electrons. The molecule has 27 heavy (non-hydrogen) atoms. The first-order valence-corrected chi connectivity index (χ1v) is 9.56. The standard InChI is InChI=1S/C20H19BrN4O2/c21-18-7-5-16(6-8-18)19-12-24(9-10-27-19)20(26)17-3-1-15(2-4-17)11-25-14-22-13-23-25/h1-8,13-14,19H,9-12H2. The van der Waals surface area contributed by atoms with E-state index in [1.165, 1.54) is 6.33 Å². The van der Waals surface area contributed by atoms with Crippen LogP contribution in [0.15, 0.2) is 65.7 Å².